The van der Waals surface area contributed by atoms with Gasteiger partial charge in [-0.25, -0.2) is 0 Å². The molecule has 1 aliphatic rings. The van der Waals surface area contributed by atoms with Crippen LogP contribution in [0.1, 0.15) is 26.2 Å². The molecular weight excluding hydrogens is 234 g/mol. The van der Waals surface area contributed by atoms with E-state index in [1.54, 1.807) is 0 Å². The summed E-state index contributed by atoms with van der Waals surface area (Å²) in [7, 11) is 0. The van der Waals surface area contributed by atoms with Gasteiger partial charge in [0.2, 0.25) is 11.8 Å². The highest BCUT2D eigenvalue weighted by Gasteiger charge is 2.18. The van der Waals surface area contributed by atoms with Crippen molar-refractivity contribution >= 4 is 5.69 Å². The Hall–Kier alpha value is -1.56. The number of aromatic nitrogens is 2. The minimum Gasteiger partial charge on any atom is -0.476 e. The van der Waals surface area contributed by atoms with Crippen molar-refractivity contribution in [1.29, 1.82) is 0 Å². The predicted molar refractivity (Wildman–Crippen MR) is 66.7 cm³/mol. The van der Waals surface area contributed by atoms with Crippen LogP contribution in [0.2, 0.25) is 0 Å². The van der Waals surface area contributed by atoms with Crippen molar-refractivity contribution in [3.63, 3.8) is 0 Å². The Morgan fingerprint density at radius 2 is 2.17 bits per heavy atom. The molecule has 0 saturated carbocycles. The third-order valence-electron chi connectivity index (χ3n) is 2.68. The van der Waals surface area contributed by atoms with Crippen molar-refractivity contribution in [2.75, 3.05) is 25.6 Å². The molecule has 2 heterocycles. The van der Waals surface area contributed by atoms with Gasteiger partial charge in [0.25, 0.3) is 0 Å². The van der Waals surface area contributed by atoms with Gasteiger partial charge in [-0.2, -0.15) is 9.97 Å². The standard InChI is InChI=1S/C12H19N3O3/c1-2-5-17-11-10(13)12(15-8-14-11)18-7-9-4-3-6-16-9/h8-9H,2-7,13H2,1H3. The smallest absolute Gasteiger partial charge is 0.244 e. The molecule has 2 rings (SSSR count). The maximum Gasteiger partial charge on any atom is 0.244 e. The van der Waals surface area contributed by atoms with Crippen LogP contribution in [0.5, 0.6) is 11.8 Å². The van der Waals surface area contributed by atoms with Crippen LogP contribution in [-0.4, -0.2) is 35.9 Å². The molecule has 6 heteroatoms. The molecule has 1 fully saturated rings. The van der Waals surface area contributed by atoms with Crippen molar-refractivity contribution in [2.45, 2.75) is 32.3 Å². The zero-order valence-electron chi connectivity index (χ0n) is 10.6. The molecule has 0 radical (unpaired) electrons. The minimum absolute atomic E-state index is 0.138. The van der Waals surface area contributed by atoms with E-state index in [9.17, 15) is 0 Å². The van der Waals surface area contributed by atoms with E-state index >= 15 is 0 Å². The van der Waals surface area contributed by atoms with Gasteiger partial charge in [0.05, 0.1) is 12.7 Å². The molecule has 0 bridgehead atoms. The van der Waals surface area contributed by atoms with Gasteiger partial charge in [0.1, 0.15) is 12.9 Å². The minimum atomic E-state index is 0.138. The molecule has 2 N–H and O–H groups in total. The summed E-state index contributed by atoms with van der Waals surface area (Å²) in [6, 6.07) is 0. The fourth-order valence-corrected chi connectivity index (χ4v) is 1.74. The predicted octanol–water partition coefficient (Wildman–Crippen LogP) is 1.41. The van der Waals surface area contributed by atoms with Gasteiger partial charge in [-0.15, -0.1) is 0 Å². The van der Waals surface area contributed by atoms with Gasteiger partial charge in [-0.05, 0) is 19.3 Å². The van der Waals surface area contributed by atoms with Gasteiger partial charge in [0, 0.05) is 6.61 Å². The van der Waals surface area contributed by atoms with Crippen LogP contribution in [0.15, 0.2) is 6.33 Å². The number of ether oxygens (including phenoxy) is 3. The van der Waals surface area contributed by atoms with E-state index < -0.39 is 0 Å². The summed E-state index contributed by atoms with van der Waals surface area (Å²) in [5.41, 5.74) is 6.24. The average Bonchev–Trinajstić information content (AvgIpc) is 2.89. The van der Waals surface area contributed by atoms with E-state index in [0.29, 0.717) is 30.7 Å². The summed E-state index contributed by atoms with van der Waals surface area (Å²) < 4.78 is 16.4. The third-order valence-corrected chi connectivity index (χ3v) is 2.68. The molecule has 1 aliphatic heterocycles. The number of anilines is 1. The normalized spacial score (nSPS) is 18.8. The summed E-state index contributed by atoms with van der Waals surface area (Å²) in [6.07, 6.45) is 4.53. The van der Waals surface area contributed by atoms with Crippen LogP contribution in [0.25, 0.3) is 0 Å². The van der Waals surface area contributed by atoms with Gasteiger partial charge >= 0.3 is 0 Å². The number of rotatable bonds is 6. The highest BCUT2D eigenvalue weighted by molar-refractivity contribution is 5.55. The van der Waals surface area contributed by atoms with Gasteiger partial charge in [-0.1, -0.05) is 6.92 Å². The third kappa shape index (κ3) is 3.22. The SMILES string of the molecule is CCCOc1ncnc(OCC2CCCO2)c1N. The van der Waals surface area contributed by atoms with Crippen LogP contribution in [0.4, 0.5) is 5.69 Å². The fourth-order valence-electron chi connectivity index (χ4n) is 1.74. The Labute approximate surface area is 106 Å². The Balaban J connectivity index is 1.94. The Morgan fingerprint density at radius 1 is 1.39 bits per heavy atom. The summed E-state index contributed by atoms with van der Waals surface area (Å²) in [4.78, 5) is 8.00. The van der Waals surface area contributed by atoms with Crippen LogP contribution in [0, 0.1) is 0 Å². The molecule has 1 aromatic rings. The van der Waals surface area contributed by atoms with E-state index in [1.807, 2.05) is 6.92 Å². The highest BCUT2D eigenvalue weighted by Crippen LogP contribution is 2.27. The van der Waals surface area contributed by atoms with Crippen molar-refractivity contribution in [3.05, 3.63) is 6.33 Å². The lowest BCUT2D eigenvalue weighted by molar-refractivity contribution is 0.0664. The number of hydrogen-bond acceptors (Lipinski definition) is 6. The number of nitrogens with zero attached hydrogens (tertiary/aromatic N) is 2. The molecule has 18 heavy (non-hydrogen) atoms. The van der Waals surface area contributed by atoms with Crippen molar-refractivity contribution in [3.8, 4) is 11.8 Å². The van der Waals surface area contributed by atoms with Crippen LogP contribution in [0.3, 0.4) is 0 Å². The zero-order chi connectivity index (χ0) is 12.8. The number of hydrogen-bond donors (Lipinski definition) is 1. The van der Waals surface area contributed by atoms with E-state index in [4.69, 9.17) is 19.9 Å². The molecule has 1 unspecified atom stereocenters. The summed E-state index contributed by atoms with van der Waals surface area (Å²) in [5, 5.41) is 0. The van der Waals surface area contributed by atoms with Gasteiger partial charge in [0.15, 0.2) is 5.69 Å². The first-order chi connectivity index (χ1) is 8.81. The zero-order valence-corrected chi connectivity index (χ0v) is 10.6. The van der Waals surface area contributed by atoms with Crippen molar-refractivity contribution in [2.24, 2.45) is 0 Å². The van der Waals surface area contributed by atoms with E-state index in [2.05, 4.69) is 9.97 Å². The van der Waals surface area contributed by atoms with Crippen LogP contribution in [-0.2, 0) is 4.74 Å². The molecule has 0 aliphatic carbocycles. The highest BCUT2D eigenvalue weighted by atomic mass is 16.5. The van der Waals surface area contributed by atoms with Gasteiger partial charge in [-0.3, -0.25) is 0 Å². The Bertz CT molecular complexity index is 381. The summed E-state index contributed by atoms with van der Waals surface area (Å²) in [5.74, 6) is 0.751. The molecule has 6 nitrogen and oxygen atoms in total. The van der Waals surface area contributed by atoms with Gasteiger partial charge < -0.3 is 19.9 Å². The summed E-state index contributed by atoms with van der Waals surface area (Å²) >= 11 is 0. The second-order valence-electron chi connectivity index (χ2n) is 4.19. The lowest BCUT2D eigenvalue weighted by Crippen LogP contribution is -2.17. The maximum atomic E-state index is 5.89. The largest absolute Gasteiger partial charge is 0.476 e. The van der Waals surface area contributed by atoms with Crippen molar-refractivity contribution < 1.29 is 14.2 Å². The second-order valence-corrected chi connectivity index (χ2v) is 4.19. The molecule has 1 saturated heterocycles. The molecular formula is C12H19N3O3. The maximum absolute atomic E-state index is 5.89. The first-order valence-electron chi connectivity index (χ1n) is 6.29. The van der Waals surface area contributed by atoms with E-state index in [1.165, 1.54) is 6.33 Å². The molecule has 1 atom stereocenters. The first-order valence-corrected chi connectivity index (χ1v) is 6.29. The van der Waals surface area contributed by atoms with Crippen LogP contribution < -0.4 is 15.2 Å². The Morgan fingerprint density at radius 3 is 2.83 bits per heavy atom. The second kappa shape index (κ2) is 6.39. The number of nitrogens with two attached hydrogens (primary N) is 1. The number of nitrogen functional groups attached to an aromatic ring is 1. The lowest BCUT2D eigenvalue weighted by Gasteiger charge is -2.13. The van der Waals surface area contributed by atoms with Crippen molar-refractivity contribution in [1.82, 2.24) is 9.97 Å². The molecule has 0 spiro atoms. The topological polar surface area (TPSA) is 79.5 Å². The summed E-state index contributed by atoms with van der Waals surface area (Å²) in [6.45, 7) is 3.87. The van der Waals surface area contributed by atoms with E-state index in [-0.39, 0.29) is 6.10 Å². The fraction of sp³-hybridized carbons (Fsp3) is 0.667. The monoisotopic (exact) mass is 253 g/mol. The van der Waals surface area contributed by atoms with E-state index in [0.717, 1.165) is 25.9 Å². The average molecular weight is 253 g/mol. The molecule has 100 valence electrons. The van der Waals surface area contributed by atoms with Crippen LogP contribution >= 0.6 is 0 Å². The molecule has 1 aromatic heterocycles. The first kappa shape index (κ1) is 12.9. The molecule has 0 amide bonds. The Kier molecular flexibility index (Phi) is 4.58. The lowest BCUT2D eigenvalue weighted by atomic mass is 10.2. The molecule has 0 aromatic carbocycles. The quantitative estimate of drug-likeness (QED) is 0.825.